The summed E-state index contributed by atoms with van der Waals surface area (Å²) in [6, 6.07) is 9.23. The highest BCUT2D eigenvalue weighted by Crippen LogP contribution is 2.57. The number of carboxylic acids is 1. The first-order valence-electron chi connectivity index (χ1n) is 11.9. The second-order valence-corrected chi connectivity index (χ2v) is 10.1. The Morgan fingerprint density at radius 2 is 2.15 bits per heavy atom. The Balaban J connectivity index is 1.14. The molecule has 5 rings (SSSR count). The van der Waals surface area contributed by atoms with Crippen molar-refractivity contribution in [3.05, 3.63) is 53.0 Å². The second-order valence-electron chi connectivity index (χ2n) is 10.1. The first kappa shape index (κ1) is 22.1. The Morgan fingerprint density at radius 1 is 1.33 bits per heavy atom. The van der Waals surface area contributed by atoms with Crippen LogP contribution in [0.25, 0.3) is 0 Å². The van der Waals surface area contributed by atoms with Crippen LogP contribution in [0.15, 0.2) is 30.3 Å². The third-order valence-electron chi connectivity index (χ3n) is 7.71. The summed E-state index contributed by atoms with van der Waals surface area (Å²) in [4.78, 5) is 18.8. The number of aryl methyl sites for hydroxylation is 1. The Kier molecular flexibility index (Phi) is 5.99. The van der Waals surface area contributed by atoms with Gasteiger partial charge in [0.2, 0.25) is 0 Å². The number of aliphatic carboxylic acids is 1. The minimum absolute atomic E-state index is 0.0360. The molecular formula is C26H32FN3O3. The van der Waals surface area contributed by atoms with Gasteiger partial charge < -0.3 is 20.1 Å². The van der Waals surface area contributed by atoms with Gasteiger partial charge in [-0.3, -0.25) is 4.79 Å². The molecule has 3 aliphatic rings. The number of aromatic nitrogens is 1. The summed E-state index contributed by atoms with van der Waals surface area (Å²) in [5, 5.41) is 12.8. The first-order valence-corrected chi connectivity index (χ1v) is 11.9. The summed E-state index contributed by atoms with van der Waals surface area (Å²) < 4.78 is 19.3. The number of methoxy groups -OCH3 is 1. The molecular weight excluding hydrogens is 421 g/mol. The van der Waals surface area contributed by atoms with Crippen LogP contribution in [-0.2, 0) is 17.6 Å². The summed E-state index contributed by atoms with van der Waals surface area (Å²) >= 11 is 0. The Morgan fingerprint density at radius 3 is 2.88 bits per heavy atom. The predicted octanol–water partition coefficient (Wildman–Crippen LogP) is 4.10. The second kappa shape index (κ2) is 8.93. The number of ether oxygens (including phenoxy) is 1. The van der Waals surface area contributed by atoms with Gasteiger partial charge in [-0.2, -0.15) is 0 Å². The number of anilines is 1. The van der Waals surface area contributed by atoms with Gasteiger partial charge in [0.25, 0.3) is 0 Å². The zero-order chi connectivity index (χ0) is 23.0. The molecule has 0 bridgehead atoms. The molecule has 1 aromatic carbocycles. The average molecular weight is 454 g/mol. The molecule has 2 aromatic rings. The minimum atomic E-state index is -0.834. The van der Waals surface area contributed by atoms with Crippen molar-refractivity contribution < 1.29 is 19.0 Å². The monoisotopic (exact) mass is 453 g/mol. The van der Waals surface area contributed by atoms with E-state index in [0.717, 1.165) is 68.9 Å². The van der Waals surface area contributed by atoms with Crippen molar-refractivity contribution in [2.45, 2.75) is 44.4 Å². The van der Waals surface area contributed by atoms with Crippen molar-refractivity contribution in [2.75, 3.05) is 38.6 Å². The summed E-state index contributed by atoms with van der Waals surface area (Å²) in [7, 11) is 1.43. The van der Waals surface area contributed by atoms with Crippen LogP contribution in [0.3, 0.4) is 0 Å². The number of rotatable bonds is 8. The number of hydrogen-bond acceptors (Lipinski definition) is 5. The van der Waals surface area contributed by atoms with Crippen LogP contribution < -0.4 is 10.1 Å². The number of likely N-dealkylation sites (tertiary alicyclic amines) is 1. The molecule has 0 amide bonds. The zero-order valence-electron chi connectivity index (χ0n) is 19.1. The van der Waals surface area contributed by atoms with E-state index in [2.05, 4.69) is 22.3 Å². The van der Waals surface area contributed by atoms with Crippen molar-refractivity contribution in [1.29, 1.82) is 0 Å². The predicted molar refractivity (Wildman–Crippen MR) is 124 cm³/mol. The zero-order valence-corrected chi connectivity index (χ0v) is 19.1. The molecule has 2 aliphatic heterocycles. The quantitative estimate of drug-likeness (QED) is 0.627. The van der Waals surface area contributed by atoms with Crippen LogP contribution in [0.2, 0.25) is 0 Å². The number of fused-ring (bicyclic) bond motifs is 1. The van der Waals surface area contributed by atoms with Gasteiger partial charge in [0, 0.05) is 38.3 Å². The van der Waals surface area contributed by atoms with Crippen molar-refractivity contribution >= 4 is 11.8 Å². The van der Waals surface area contributed by atoms with E-state index < -0.39 is 11.8 Å². The molecule has 1 saturated heterocycles. The summed E-state index contributed by atoms with van der Waals surface area (Å²) in [5.74, 6) is 0.107. The van der Waals surface area contributed by atoms with Gasteiger partial charge in [-0.25, -0.2) is 9.37 Å². The molecule has 0 radical (unpaired) electrons. The molecule has 2 N–H and O–H groups in total. The third-order valence-corrected chi connectivity index (χ3v) is 7.71. The molecule has 3 heterocycles. The Hall–Kier alpha value is -2.67. The molecule has 1 spiro atoms. The Labute approximate surface area is 194 Å². The van der Waals surface area contributed by atoms with E-state index in [4.69, 9.17) is 9.72 Å². The molecule has 2 fully saturated rings. The van der Waals surface area contributed by atoms with Gasteiger partial charge in [-0.05, 0) is 72.3 Å². The van der Waals surface area contributed by atoms with Crippen LogP contribution in [0, 0.1) is 17.2 Å². The van der Waals surface area contributed by atoms with E-state index in [-0.39, 0.29) is 24.0 Å². The van der Waals surface area contributed by atoms with E-state index in [9.17, 15) is 14.3 Å². The number of carboxylic acid groups (broad SMARTS) is 1. The van der Waals surface area contributed by atoms with Gasteiger partial charge in [-0.1, -0.05) is 12.1 Å². The summed E-state index contributed by atoms with van der Waals surface area (Å²) in [6.45, 7) is 4.12. The van der Waals surface area contributed by atoms with Gasteiger partial charge in [0.1, 0.15) is 5.82 Å². The lowest BCUT2D eigenvalue weighted by Gasteiger charge is -2.61. The van der Waals surface area contributed by atoms with Crippen molar-refractivity contribution in [1.82, 2.24) is 9.88 Å². The highest BCUT2D eigenvalue weighted by Gasteiger charge is 2.54. The largest absolute Gasteiger partial charge is 0.494 e. The van der Waals surface area contributed by atoms with Crippen LogP contribution in [0.1, 0.15) is 48.4 Å². The fraction of sp³-hybridized carbons (Fsp3) is 0.538. The van der Waals surface area contributed by atoms with Gasteiger partial charge in [0.05, 0.1) is 13.5 Å². The highest BCUT2D eigenvalue weighted by atomic mass is 19.1. The molecule has 1 aliphatic carbocycles. The molecule has 7 heteroatoms. The third kappa shape index (κ3) is 4.56. The molecule has 1 unspecified atom stereocenters. The first-order chi connectivity index (χ1) is 15.9. The van der Waals surface area contributed by atoms with E-state index in [0.29, 0.717) is 5.41 Å². The van der Waals surface area contributed by atoms with E-state index in [1.54, 1.807) is 6.07 Å². The van der Waals surface area contributed by atoms with Crippen molar-refractivity contribution in [2.24, 2.45) is 11.3 Å². The minimum Gasteiger partial charge on any atom is -0.494 e. The number of nitrogens with zero attached hydrogens (tertiary/aromatic N) is 2. The number of hydrogen-bond donors (Lipinski definition) is 2. The SMILES string of the molecule is COc1ccc(C(CC(=O)O)C2CC3(C2)CN(CCc2ccc4c(n2)NCCC4)C3)cc1F. The van der Waals surface area contributed by atoms with Gasteiger partial charge in [0.15, 0.2) is 11.6 Å². The van der Waals surface area contributed by atoms with Crippen molar-refractivity contribution in [3.63, 3.8) is 0 Å². The van der Waals surface area contributed by atoms with Crippen LogP contribution in [0.5, 0.6) is 5.75 Å². The Bertz CT molecular complexity index is 1030. The molecule has 1 saturated carbocycles. The molecule has 6 nitrogen and oxygen atoms in total. The fourth-order valence-electron chi connectivity index (χ4n) is 6.09. The van der Waals surface area contributed by atoms with Crippen LogP contribution in [-0.4, -0.2) is 54.2 Å². The standard InChI is InChI=1S/C26H32FN3O3/c1-33-23-7-5-18(11-22(23)27)21(12-24(31)32)19-13-26(14-19)15-30(16-26)10-8-20-6-4-17-3-2-9-28-25(17)29-20/h4-7,11,19,21H,2-3,8-10,12-16H2,1H3,(H,28,29)(H,31,32). The maximum Gasteiger partial charge on any atom is 0.303 e. The number of carbonyl (C=O) groups is 1. The average Bonchev–Trinajstić information content (AvgIpc) is 2.75. The number of benzene rings is 1. The van der Waals surface area contributed by atoms with Gasteiger partial charge >= 0.3 is 5.97 Å². The lowest BCUT2D eigenvalue weighted by molar-refractivity contribution is -0.140. The number of halogens is 1. The maximum atomic E-state index is 14.2. The summed E-state index contributed by atoms with van der Waals surface area (Å²) in [5.41, 5.74) is 3.52. The number of nitrogens with one attached hydrogen (secondary N) is 1. The van der Waals surface area contributed by atoms with E-state index >= 15 is 0 Å². The van der Waals surface area contributed by atoms with Crippen molar-refractivity contribution in [3.8, 4) is 5.75 Å². The molecule has 33 heavy (non-hydrogen) atoms. The lowest BCUT2D eigenvalue weighted by Crippen LogP contribution is -2.63. The van der Waals surface area contributed by atoms with E-state index in [1.165, 1.54) is 25.2 Å². The maximum absolute atomic E-state index is 14.2. The molecule has 1 atom stereocenters. The van der Waals surface area contributed by atoms with Gasteiger partial charge in [-0.15, -0.1) is 0 Å². The highest BCUT2D eigenvalue weighted by molar-refractivity contribution is 5.68. The normalized spacial score (nSPS) is 20.3. The number of pyridine rings is 1. The topological polar surface area (TPSA) is 74.7 Å². The molecule has 176 valence electrons. The van der Waals surface area contributed by atoms with Crippen LogP contribution >= 0.6 is 0 Å². The molecule has 1 aromatic heterocycles. The fourth-order valence-corrected chi connectivity index (χ4v) is 6.09. The lowest BCUT2D eigenvalue weighted by atomic mass is 9.53. The van der Waals surface area contributed by atoms with Crippen LogP contribution in [0.4, 0.5) is 10.2 Å². The van der Waals surface area contributed by atoms with E-state index in [1.807, 2.05) is 6.07 Å². The smallest absolute Gasteiger partial charge is 0.303 e. The summed E-state index contributed by atoms with van der Waals surface area (Å²) in [6.07, 6.45) is 5.28.